The molecule has 1 fully saturated rings. The summed E-state index contributed by atoms with van der Waals surface area (Å²) >= 11 is 0. The second kappa shape index (κ2) is 3.75. The highest BCUT2D eigenvalue weighted by atomic mass is 16.3. The summed E-state index contributed by atoms with van der Waals surface area (Å²) in [5.74, 6) is 2.03. The van der Waals surface area contributed by atoms with Crippen LogP contribution in [0.15, 0.2) is 16.5 Å². The highest BCUT2D eigenvalue weighted by molar-refractivity contribution is 5.08. The molecule has 0 radical (unpaired) electrons. The first-order chi connectivity index (χ1) is 6.66. The van der Waals surface area contributed by atoms with Gasteiger partial charge in [-0.1, -0.05) is 0 Å². The predicted octanol–water partition coefficient (Wildman–Crippen LogP) is 1.16. The molecule has 0 bridgehead atoms. The van der Waals surface area contributed by atoms with Crippen molar-refractivity contribution >= 4 is 0 Å². The zero-order valence-electron chi connectivity index (χ0n) is 8.86. The number of hydrogen-bond donors (Lipinski definition) is 1. The number of likely N-dealkylation sites (N-methyl/N-ethyl adjacent to an activating group) is 1. The van der Waals surface area contributed by atoms with Crippen LogP contribution in [0.5, 0.6) is 0 Å². The molecule has 1 saturated heterocycles. The largest absolute Gasteiger partial charge is 0.466 e. The fraction of sp³-hybridized carbons (Fsp3) is 0.636. The number of nitrogens with two attached hydrogens (primary N) is 1. The molecule has 0 saturated carbocycles. The third-order valence-electron chi connectivity index (χ3n) is 3.08. The second-order valence-corrected chi connectivity index (χ2v) is 4.22. The second-order valence-electron chi connectivity index (χ2n) is 4.22. The van der Waals surface area contributed by atoms with Gasteiger partial charge < -0.3 is 15.1 Å². The van der Waals surface area contributed by atoms with Crippen LogP contribution in [-0.4, -0.2) is 30.6 Å². The molecule has 14 heavy (non-hydrogen) atoms. The van der Waals surface area contributed by atoms with Crippen molar-refractivity contribution in [3.05, 3.63) is 23.7 Å². The van der Waals surface area contributed by atoms with E-state index >= 15 is 0 Å². The van der Waals surface area contributed by atoms with Gasteiger partial charge in [0.15, 0.2) is 0 Å². The molecular weight excluding hydrogens is 176 g/mol. The van der Waals surface area contributed by atoms with Gasteiger partial charge in [0.25, 0.3) is 0 Å². The van der Waals surface area contributed by atoms with E-state index in [2.05, 4.69) is 11.9 Å². The number of aryl methyl sites for hydroxylation is 1. The highest BCUT2D eigenvalue weighted by Crippen LogP contribution is 2.19. The molecule has 0 aliphatic carbocycles. The van der Waals surface area contributed by atoms with E-state index in [1.54, 1.807) is 0 Å². The van der Waals surface area contributed by atoms with Crippen molar-refractivity contribution in [2.45, 2.75) is 31.8 Å². The topological polar surface area (TPSA) is 42.4 Å². The summed E-state index contributed by atoms with van der Waals surface area (Å²) in [6.07, 6.45) is 2.03. The number of nitrogens with zero attached hydrogens (tertiary/aromatic N) is 1. The van der Waals surface area contributed by atoms with Crippen LogP contribution in [0, 0.1) is 6.92 Å². The Kier molecular flexibility index (Phi) is 2.61. The van der Waals surface area contributed by atoms with E-state index in [-0.39, 0.29) is 0 Å². The van der Waals surface area contributed by atoms with Gasteiger partial charge in [-0.2, -0.15) is 0 Å². The molecule has 2 heterocycles. The van der Waals surface area contributed by atoms with Gasteiger partial charge in [-0.25, -0.2) is 0 Å². The highest BCUT2D eigenvalue weighted by Gasteiger charge is 2.29. The predicted molar refractivity (Wildman–Crippen MR) is 56.2 cm³/mol. The van der Waals surface area contributed by atoms with E-state index < -0.39 is 0 Å². The third-order valence-corrected chi connectivity index (χ3v) is 3.08. The first-order valence-electron chi connectivity index (χ1n) is 5.18. The van der Waals surface area contributed by atoms with Crippen LogP contribution in [-0.2, 0) is 6.42 Å². The minimum absolute atomic E-state index is 0.297. The average molecular weight is 194 g/mol. The Bertz CT molecular complexity index is 298. The first-order valence-corrected chi connectivity index (χ1v) is 5.18. The van der Waals surface area contributed by atoms with Crippen molar-refractivity contribution in [2.75, 3.05) is 13.6 Å². The van der Waals surface area contributed by atoms with Crippen molar-refractivity contribution in [2.24, 2.45) is 5.73 Å². The molecule has 1 aliphatic rings. The van der Waals surface area contributed by atoms with E-state index in [1.165, 1.54) is 0 Å². The maximum Gasteiger partial charge on any atom is 0.105 e. The first kappa shape index (κ1) is 9.74. The lowest BCUT2D eigenvalue weighted by molar-refractivity contribution is 0.281. The minimum atomic E-state index is 0.297. The Balaban J connectivity index is 2.03. The quantitative estimate of drug-likeness (QED) is 0.768. The van der Waals surface area contributed by atoms with Crippen LogP contribution in [0.4, 0.5) is 0 Å². The van der Waals surface area contributed by atoms with Crippen LogP contribution >= 0.6 is 0 Å². The number of hydrogen-bond acceptors (Lipinski definition) is 3. The number of rotatable bonds is 2. The van der Waals surface area contributed by atoms with Crippen molar-refractivity contribution in [1.82, 2.24) is 4.90 Å². The van der Waals surface area contributed by atoms with Gasteiger partial charge in [-0.05, 0) is 39.1 Å². The van der Waals surface area contributed by atoms with Gasteiger partial charge in [0.1, 0.15) is 11.5 Å². The number of furan rings is 1. The standard InChI is InChI=1S/C11H18N2O/c1-8-3-4-9(14-8)7-11-10(12)5-6-13(11)2/h3-4,10-11H,5-7,12H2,1-2H3. The van der Waals surface area contributed by atoms with Gasteiger partial charge in [0.2, 0.25) is 0 Å². The fourth-order valence-electron chi connectivity index (χ4n) is 2.15. The molecule has 78 valence electrons. The van der Waals surface area contributed by atoms with Gasteiger partial charge in [-0.15, -0.1) is 0 Å². The molecule has 1 aliphatic heterocycles. The van der Waals surface area contributed by atoms with Crippen LogP contribution in [0.2, 0.25) is 0 Å². The third kappa shape index (κ3) is 1.83. The maximum atomic E-state index is 6.04. The van der Waals surface area contributed by atoms with Crippen molar-refractivity contribution in [3.63, 3.8) is 0 Å². The zero-order valence-corrected chi connectivity index (χ0v) is 8.86. The summed E-state index contributed by atoms with van der Waals surface area (Å²) in [7, 11) is 2.13. The monoisotopic (exact) mass is 194 g/mol. The maximum absolute atomic E-state index is 6.04. The van der Waals surface area contributed by atoms with E-state index in [1.807, 2.05) is 19.1 Å². The fourth-order valence-corrected chi connectivity index (χ4v) is 2.15. The molecule has 0 aromatic carbocycles. The molecule has 0 spiro atoms. The molecular formula is C11H18N2O. The Morgan fingerprint density at radius 1 is 1.57 bits per heavy atom. The van der Waals surface area contributed by atoms with E-state index in [4.69, 9.17) is 10.2 Å². The Hall–Kier alpha value is -0.800. The van der Waals surface area contributed by atoms with Gasteiger partial charge in [-0.3, -0.25) is 0 Å². The van der Waals surface area contributed by atoms with Crippen LogP contribution in [0.3, 0.4) is 0 Å². The summed E-state index contributed by atoms with van der Waals surface area (Å²) < 4.78 is 5.56. The van der Waals surface area contributed by atoms with Crippen molar-refractivity contribution in [3.8, 4) is 0 Å². The molecule has 2 N–H and O–H groups in total. The molecule has 1 aromatic heterocycles. The minimum Gasteiger partial charge on any atom is -0.466 e. The molecule has 2 rings (SSSR count). The Morgan fingerprint density at radius 3 is 2.86 bits per heavy atom. The molecule has 0 amide bonds. The molecule has 3 heteroatoms. The lowest BCUT2D eigenvalue weighted by Gasteiger charge is -2.21. The molecule has 2 unspecified atom stereocenters. The van der Waals surface area contributed by atoms with Crippen molar-refractivity contribution < 1.29 is 4.42 Å². The van der Waals surface area contributed by atoms with Gasteiger partial charge in [0, 0.05) is 18.5 Å². The van der Waals surface area contributed by atoms with E-state index in [9.17, 15) is 0 Å². The SMILES string of the molecule is Cc1ccc(CC2C(N)CCN2C)o1. The summed E-state index contributed by atoms with van der Waals surface area (Å²) in [6.45, 7) is 3.08. The van der Waals surface area contributed by atoms with Gasteiger partial charge in [0.05, 0.1) is 0 Å². The van der Waals surface area contributed by atoms with Crippen molar-refractivity contribution in [1.29, 1.82) is 0 Å². The molecule has 2 atom stereocenters. The molecule has 3 nitrogen and oxygen atoms in total. The zero-order chi connectivity index (χ0) is 10.1. The summed E-state index contributed by atoms with van der Waals surface area (Å²) in [5.41, 5.74) is 6.04. The lowest BCUT2D eigenvalue weighted by Crippen LogP contribution is -2.38. The normalized spacial score (nSPS) is 28.5. The average Bonchev–Trinajstić information content (AvgIpc) is 2.67. The van der Waals surface area contributed by atoms with Crippen LogP contribution < -0.4 is 5.73 Å². The Labute approximate surface area is 84.9 Å². The van der Waals surface area contributed by atoms with Crippen LogP contribution in [0.1, 0.15) is 17.9 Å². The number of likely N-dealkylation sites (tertiary alicyclic amines) is 1. The lowest BCUT2D eigenvalue weighted by atomic mass is 10.1. The van der Waals surface area contributed by atoms with Gasteiger partial charge >= 0.3 is 0 Å². The summed E-state index contributed by atoms with van der Waals surface area (Å²) in [5, 5.41) is 0. The van der Waals surface area contributed by atoms with E-state index in [0.29, 0.717) is 12.1 Å². The summed E-state index contributed by atoms with van der Waals surface area (Å²) in [4.78, 5) is 2.32. The smallest absolute Gasteiger partial charge is 0.105 e. The summed E-state index contributed by atoms with van der Waals surface area (Å²) in [6, 6.07) is 4.80. The Morgan fingerprint density at radius 2 is 2.36 bits per heavy atom. The van der Waals surface area contributed by atoms with E-state index in [0.717, 1.165) is 30.9 Å². The molecule has 1 aromatic rings. The van der Waals surface area contributed by atoms with Crippen LogP contribution in [0.25, 0.3) is 0 Å².